The summed E-state index contributed by atoms with van der Waals surface area (Å²) in [5.74, 6) is -1.70. The second-order valence-corrected chi connectivity index (χ2v) is 9.42. The van der Waals surface area contributed by atoms with Crippen molar-refractivity contribution in [3.63, 3.8) is 0 Å². The Morgan fingerprint density at radius 2 is 1.56 bits per heavy atom. The molecule has 0 radical (unpaired) electrons. The fourth-order valence-corrected chi connectivity index (χ4v) is 4.37. The number of nitrogens with one attached hydrogen (secondary N) is 2. The number of carbonyl (C=O) groups excluding carboxylic acids is 2. The maximum absolute atomic E-state index is 13.4. The highest BCUT2D eigenvalue weighted by molar-refractivity contribution is 6.43. The van der Waals surface area contributed by atoms with Gasteiger partial charge in [0.2, 0.25) is 5.91 Å². The van der Waals surface area contributed by atoms with E-state index in [1.165, 1.54) is 0 Å². The Labute approximate surface area is 210 Å². The Kier molecular flexibility index (Phi) is 7.98. The maximum Gasteiger partial charge on any atom is 0.475 e. The summed E-state index contributed by atoms with van der Waals surface area (Å²) >= 11 is 0. The first-order valence-electron chi connectivity index (χ1n) is 12.1. The fourth-order valence-electron chi connectivity index (χ4n) is 4.37. The number of pyridine rings is 1. The molecule has 8 heteroatoms. The molecule has 4 aromatic rings. The number of carbonyl (C=O) groups is 2. The highest BCUT2D eigenvalue weighted by atomic mass is 16.4. The Morgan fingerprint density at radius 1 is 0.861 bits per heavy atom. The first-order chi connectivity index (χ1) is 17.3. The van der Waals surface area contributed by atoms with Crippen molar-refractivity contribution in [3.05, 3.63) is 90.1 Å². The zero-order valence-corrected chi connectivity index (χ0v) is 20.4. The number of hydrogen-bond acceptors (Lipinski definition) is 5. The molecule has 0 aliphatic rings. The number of aromatic nitrogens is 1. The van der Waals surface area contributed by atoms with E-state index in [0.29, 0.717) is 11.9 Å². The van der Waals surface area contributed by atoms with E-state index in [0.717, 1.165) is 21.7 Å². The van der Waals surface area contributed by atoms with E-state index in [1.54, 1.807) is 6.07 Å². The van der Waals surface area contributed by atoms with E-state index in [4.69, 9.17) is 0 Å². The van der Waals surface area contributed by atoms with Crippen LogP contribution in [0.1, 0.15) is 36.3 Å². The molecule has 0 unspecified atom stereocenters. The second-order valence-electron chi connectivity index (χ2n) is 9.42. The van der Waals surface area contributed by atoms with Crippen molar-refractivity contribution in [2.24, 2.45) is 5.92 Å². The van der Waals surface area contributed by atoms with Gasteiger partial charge in [-0.3, -0.25) is 9.59 Å². The standard InChI is InChI=1S/C28H30BN3O4/c1-18(2)16-26(29(35)36)32-28(34)25(17-21-11-7-10-19-8-3-5-12-22(19)21)31-27(33)24-15-14-20-9-4-6-13-23(20)30-24/h3-15,18,25-26,35-36H,16-17H2,1-2H3,(H,31,33)(H,32,34)/t25-,26-/m0/s1. The highest BCUT2D eigenvalue weighted by Crippen LogP contribution is 2.20. The van der Waals surface area contributed by atoms with Crippen LogP contribution in [0.25, 0.3) is 21.7 Å². The molecule has 0 bridgehead atoms. The third kappa shape index (κ3) is 6.08. The molecule has 1 heterocycles. The molecule has 4 rings (SSSR count). The summed E-state index contributed by atoms with van der Waals surface area (Å²) in [4.78, 5) is 31.0. The lowest BCUT2D eigenvalue weighted by Crippen LogP contribution is -2.55. The summed E-state index contributed by atoms with van der Waals surface area (Å²) in [5, 5.41) is 28.1. The SMILES string of the molecule is CC(C)C[C@H](NC(=O)[C@H](Cc1cccc2ccccc12)NC(=O)c1ccc2ccccc2n1)B(O)O. The van der Waals surface area contributed by atoms with Gasteiger partial charge in [0.15, 0.2) is 0 Å². The summed E-state index contributed by atoms with van der Waals surface area (Å²) in [6.07, 6.45) is 0.604. The van der Waals surface area contributed by atoms with Crippen LogP contribution in [0.2, 0.25) is 0 Å². The Bertz CT molecular complexity index is 1370. The first kappa shape index (κ1) is 25.4. The predicted molar refractivity (Wildman–Crippen MR) is 142 cm³/mol. The van der Waals surface area contributed by atoms with E-state index in [9.17, 15) is 19.6 Å². The maximum atomic E-state index is 13.4. The van der Waals surface area contributed by atoms with Gasteiger partial charge in [0.05, 0.1) is 11.5 Å². The predicted octanol–water partition coefficient (Wildman–Crippen LogP) is 3.27. The molecule has 0 aliphatic carbocycles. The van der Waals surface area contributed by atoms with Crippen LogP contribution in [0.3, 0.4) is 0 Å². The van der Waals surface area contributed by atoms with Gasteiger partial charge in [0.1, 0.15) is 11.7 Å². The zero-order chi connectivity index (χ0) is 25.7. The lowest BCUT2D eigenvalue weighted by atomic mass is 9.75. The summed E-state index contributed by atoms with van der Waals surface area (Å²) in [7, 11) is -1.72. The zero-order valence-electron chi connectivity index (χ0n) is 20.4. The summed E-state index contributed by atoms with van der Waals surface area (Å²) in [5.41, 5.74) is 1.77. The average molecular weight is 483 g/mol. The number of para-hydroxylation sites is 1. The highest BCUT2D eigenvalue weighted by Gasteiger charge is 2.30. The van der Waals surface area contributed by atoms with Crippen molar-refractivity contribution in [1.29, 1.82) is 0 Å². The minimum atomic E-state index is -1.72. The van der Waals surface area contributed by atoms with E-state index >= 15 is 0 Å². The molecule has 0 saturated carbocycles. The minimum absolute atomic E-state index is 0.130. The number of fused-ring (bicyclic) bond motifs is 2. The Hall–Kier alpha value is -3.75. The van der Waals surface area contributed by atoms with Crippen molar-refractivity contribution in [1.82, 2.24) is 15.6 Å². The van der Waals surface area contributed by atoms with Crippen LogP contribution in [-0.4, -0.2) is 45.9 Å². The average Bonchev–Trinajstić information content (AvgIpc) is 2.87. The quantitative estimate of drug-likeness (QED) is 0.273. The molecule has 36 heavy (non-hydrogen) atoms. The molecule has 3 aromatic carbocycles. The van der Waals surface area contributed by atoms with E-state index in [2.05, 4.69) is 15.6 Å². The van der Waals surface area contributed by atoms with E-state index < -0.39 is 30.9 Å². The van der Waals surface area contributed by atoms with Gasteiger partial charge < -0.3 is 20.7 Å². The summed E-state index contributed by atoms with van der Waals surface area (Å²) in [6.45, 7) is 3.87. The lowest BCUT2D eigenvalue weighted by molar-refractivity contribution is -0.123. The normalized spacial score (nSPS) is 12.9. The van der Waals surface area contributed by atoms with E-state index in [1.807, 2.05) is 86.6 Å². The van der Waals surface area contributed by atoms with Gasteiger partial charge in [-0.2, -0.15) is 0 Å². The summed E-state index contributed by atoms with van der Waals surface area (Å²) in [6, 6.07) is 23.7. The van der Waals surface area contributed by atoms with Gasteiger partial charge in [0.25, 0.3) is 5.91 Å². The van der Waals surface area contributed by atoms with Crippen molar-refractivity contribution < 1.29 is 19.6 Å². The van der Waals surface area contributed by atoms with Gasteiger partial charge in [-0.1, -0.05) is 80.6 Å². The number of hydrogen-bond donors (Lipinski definition) is 4. The molecule has 0 saturated heterocycles. The van der Waals surface area contributed by atoms with E-state index in [-0.39, 0.29) is 18.0 Å². The van der Waals surface area contributed by atoms with Crippen molar-refractivity contribution in [2.45, 2.75) is 38.7 Å². The van der Waals surface area contributed by atoms with Gasteiger partial charge in [0, 0.05) is 11.8 Å². The van der Waals surface area contributed by atoms with Crippen molar-refractivity contribution in [2.75, 3.05) is 0 Å². The molecule has 4 N–H and O–H groups in total. The first-order valence-corrected chi connectivity index (χ1v) is 12.1. The van der Waals surface area contributed by atoms with Crippen LogP contribution in [0.15, 0.2) is 78.9 Å². The van der Waals surface area contributed by atoms with Crippen LogP contribution < -0.4 is 10.6 Å². The van der Waals surface area contributed by atoms with Gasteiger partial charge in [-0.05, 0) is 40.8 Å². The number of nitrogens with zero attached hydrogens (tertiary/aromatic N) is 1. The molecule has 7 nitrogen and oxygen atoms in total. The molecular formula is C28H30BN3O4. The van der Waals surface area contributed by atoms with Gasteiger partial charge in [-0.25, -0.2) is 4.98 Å². The third-order valence-electron chi connectivity index (χ3n) is 6.17. The molecule has 0 fully saturated rings. The Balaban J connectivity index is 1.63. The van der Waals surface area contributed by atoms with Crippen LogP contribution in [0.5, 0.6) is 0 Å². The van der Waals surface area contributed by atoms with Crippen LogP contribution >= 0.6 is 0 Å². The van der Waals surface area contributed by atoms with Crippen LogP contribution in [-0.2, 0) is 11.2 Å². The lowest BCUT2D eigenvalue weighted by Gasteiger charge is -2.24. The monoisotopic (exact) mass is 483 g/mol. The fraction of sp³-hybridized carbons (Fsp3) is 0.250. The molecule has 2 atom stereocenters. The minimum Gasteiger partial charge on any atom is -0.426 e. The van der Waals surface area contributed by atoms with Crippen LogP contribution in [0, 0.1) is 5.92 Å². The topological polar surface area (TPSA) is 112 Å². The van der Waals surface area contributed by atoms with Gasteiger partial charge in [-0.15, -0.1) is 0 Å². The smallest absolute Gasteiger partial charge is 0.426 e. The molecule has 1 aromatic heterocycles. The molecule has 0 aliphatic heterocycles. The molecular weight excluding hydrogens is 453 g/mol. The second kappa shape index (κ2) is 11.3. The van der Waals surface area contributed by atoms with Gasteiger partial charge >= 0.3 is 7.12 Å². The third-order valence-corrected chi connectivity index (χ3v) is 6.17. The molecule has 0 spiro atoms. The Morgan fingerprint density at radius 3 is 2.31 bits per heavy atom. The number of benzene rings is 3. The molecule has 2 amide bonds. The van der Waals surface area contributed by atoms with Crippen molar-refractivity contribution in [3.8, 4) is 0 Å². The largest absolute Gasteiger partial charge is 0.475 e. The summed E-state index contributed by atoms with van der Waals surface area (Å²) < 4.78 is 0. The number of rotatable bonds is 9. The number of amides is 2. The molecule has 184 valence electrons. The van der Waals surface area contributed by atoms with Crippen LogP contribution in [0.4, 0.5) is 0 Å². The van der Waals surface area contributed by atoms with Crippen molar-refractivity contribution >= 4 is 40.6 Å².